The van der Waals surface area contributed by atoms with Gasteiger partial charge in [-0.15, -0.1) is 0 Å². The molecule has 5 heterocycles. The summed E-state index contributed by atoms with van der Waals surface area (Å²) in [5.41, 5.74) is 5.76. The number of fused-ring (bicyclic) bond motifs is 3. The molecule has 2 amide bonds. The van der Waals surface area contributed by atoms with E-state index in [9.17, 15) is 4.79 Å². The topological polar surface area (TPSA) is 78.8 Å². The number of urea groups is 1. The Bertz CT molecular complexity index is 1130. The largest absolute Gasteiger partial charge is 0.346 e. The third-order valence-corrected chi connectivity index (χ3v) is 7.22. The lowest BCUT2D eigenvalue weighted by Gasteiger charge is -2.47. The lowest BCUT2D eigenvalue weighted by Crippen LogP contribution is -2.63. The van der Waals surface area contributed by atoms with E-state index >= 15 is 0 Å². The van der Waals surface area contributed by atoms with Crippen LogP contribution < -0.4 is 5.32 Å². The van der Waals surface area contributed by atoms with E-state index < -0.39 is 0 Å². The van der Waals surface area contributed by atoms with Crippen molar-refractivity contribution in [1.29, 1.82) is 0 Å². The van der Waals surface area contributed by atoms with Crippen LogP contribution in [0, 0.1) is 0 Å². The molecule has 30 heavy (non-hydrogen) atoms. The highest BCUT2D eigenvalue weighted by molar-refractivity contribution is 5.85. The van der Waals surface area contributed by atoms with E-state index in [4.69, 9.17) is 5.10 Å². The first-order valence-corrected chi connectivity index (χ1v) is 11.1. The summed E-state index contributed by atoms with van der Waals surface area (Å²) in [4.78, 5) is 22.2. The average molecular weight is 405 g/mol. The van der Waals surface area contributed by atoms with Gasteiger partial charge in [-0.3, -0.25) is 4.68 Å². The standard InChI is InChI=1S/C23H28N6O/c1-14(2)26-22(30)28-12-23(13-28)6-7-29-20(23)9-19(27-29)16-8-17-18(15-4-3-5-15)11-25-21(17)24-10-16/h8-11,14-15H,3-7,12-13H2,1-2H3,(H,24,25)(H,26,30). The second-order valence-corrected chi connectivity index (χ2v) is 9.62. The van der Waals surface area contributed by atoms with Crippen LogP contribution in [0.1, 0.15) is 56.7 Å². The fourth-order valence-electron chi connectivity index (χ4n) is 5.31. The Labute approximate surface area is 175 Å². The minimum absolute atomic E-state index is 0.0412. The minimum atomic E-state index is 0.0412. The van der Waals surface area contributed by atoms with Gasteiger partial charge in [0.15, 0.2) is 0 Å². The number of carbonyl (C=O) groups excluding carboxylic acids is 1. The van der Waals surface area contributed by atoms with Gasteiger partial charge < -0.3 is 15.2 Å². The quantitative estimate of drug-likeness (QED) is 0.697. The molecule has 1 aliphatic carbocycles. The lowest BCUT2D eigenvalue weighted by molar-refractivity contribution is 0.0909. The first-order chi connectivity index (χ1) is 14.5. The fourth-order valence-corrected chi connectivity index (χ4v) is 5.31. The Morgan fingerprint density at radius 1 is 1.30 bits per heavy atom. The van der Waals surface area contributed by atoms with Gasteiger partial charge in [-0.05, 0) is 56.7 Å². The molecule has 1 saturated carbocycles. The second kappa shape index (κ2) is 6.33. The van der Waals surface area contributed by atoms with Gasteiger partial charge in [0.1, 0.15) is 5.65 Å². The van der Waals surface area contributed by atoms with Gasteiger partial charge in [-0.2, -0.15) is 5.10 Å². The van der Waals surface area contributed by atoms with Gasteiger partial charge >= 0.3 is 6.03 Å². The van der Waals surface area contributed by atoms with E-state index in [1.165, 1.54) is 35.9 Å². The predicted octanol–water partition coefficient (Wildman–Crippen LogP) is 3.77. The van der Waals surface area contributed by atoms with Gasteiger partial charge in [-0.1, -0.05) is 6.42 Å². The molecule has 2 fully saturated rings. The highest BCUT2D eigenvalue weighted by Gasteiger charge is 2.51. The first-order valence-electron chi connectivity index (χ1n) is 11.1. The number of carbonyl (C=O) groups is 1. The fraction of sp³-hybridized carbons (Fsp3) is 0.522. The molecule has 3 aromatic rings. The molecule has 3 aromatic heterocycles. The number of hydrogen-bond donors (Lipinski definition) is 2. The maximum atomic E-state index is 12.3. The molecule has 7 heteroatoms. The third kappa shape index (κ3) is 2.60. The Balaban J connectivity index is 1.28. The molecule has 6 rings (SSSR count). The third-order valence-electron chi connectivity index (χ3n) is 7.22. The Morgan fingerprint density at radius 2 is 2.13 bits per heavy atom. The number of pyridine rings is 1. The molecule has 0 bridgehead atoms. The van der Waals surface area contributed by atoms with Crippen LogP contribution in [-0.2, 0) is 12.0 Å². The maximum Gasteiger partial charge on any atom is 0.317 e. The van der Waals surface area contributed by atoms with Crippen LogP contribution in [0.3, 0.4) is 0 Å². The van der Waals surface area contributed by atoms with Gasteiger partial charge in [0.2, 0.25) is 0 Å². The Morgan fingerprint density at radius 3 is 2.87 bits per heavy atom. The number of H-pyrrole nitrogens is 1. The summed E-state index contributed by atoms with van der Waals surface area (Å²) < 4.78 is 2.14. The number of nitrogens with one attached hydrogen (secondary N) is 2. The molecule has 3 aliphatic rings. The molecule has 0 radical (unpaired) electrons. The Hall–Kier alpha value is -2.83. The summed E-state index contributed by atoms with van der Waals surface area (Å²) in [6.45, 7) is 6.46. The van der Waals surface area contributed by atoms with E-state index in [0.29, 0.717) is 5.92 Å². The number of aromatic nitrogens is 4. The molecule has 0 atom stereocenters. The maximum absolute atomic E-state index is 12.3. The number of amides is 2. The number of aromatic amines is 1. The predicted molar refractivity (Wildman–Crippen MR) is 115 cm³/mol. The van der Waals surface area contributed by atoms with E-state index in [2.05, 4.69) is 38.3 Å². The van der Waals surface area contributed by atoms with Crippen molar-refractivity contribution in [3.63, 3.8) is 0 Å². The average Bonchev–Trinajstić information content (AvgIpc) is 3.31. The van der Waals surface area contributed by atoms with Crippen molar-refractivity contribution in [1.82, 2.24) is 30.0 Å². The summed E-state index contributed by atoms with van der Waals surface area (Å²) in [5, 5.41) is 9.14. The molecule has 0 unspecified atom stereocenters. The zero-order chi connectivity index (χ0) is 20.5. The normalized spacial score (nSPS) is 19.9. The number of aryl methyl sites for hydroxylation is 1. The van der Waals surface area contributed by atoms with Crippen LogP contribution in [0.5, 0.6) is 0 Å². The summed E-state index contributed by atoms with van der Waals surface area (Å²) in [6.07, 6.45) is 9.00. The van der Waals surface area contributed by atoms with Gasteiger partial charge in [0.25, 0.3) is 0 Å². The van der Waals surface area contributed by atoms with E-state index in [1.807, 2.05) is 24.9 Å². The highest BCUT2D eigenvalue weighted by Crippen LogP contribution is 2.44. The summed E-state index contributed by atoms with van der Waals surface area (Å²) in [5.74, 6) is 0.670. The first kappa shape index (κ1) is 18.0. The minimum Gasteiger partial charge on any atom is -0.346 e. The lowest BCUT2D eigenvalue weighted by atomic mass is 9.76. The van der Waals surface area contributed by atoms with Crippen LogP contribution in [0.2, 0.25) is 0 Å². The van der Waals surface area contributed by atoms with Crippen molar-refractivity contribution in [2.45, 2.75) is 63.5 Å². The number of nitrogens with zero attached hydrogens (tertiary/aromatic N) is 4. The van der Waals surface area contributed by atoms with Gasteiger partial charge in [-0.25, -0.2) is 9.78 Å². The van der Waals surface area contributed by atoms with Crippen molar-refractivity contribution in [3.05, 3.63) is 35.8 Å². The van der Waals surface area contributed by atoms with Crippen LogP contribution in [-0.4, -0.2) is 49.8 Å². The van der Waals surface area contributed by atoms with Crippen molar-refractivity contribution in [3.8, 4) is 11.3 Å². The summed E-state index contributed by atoms with van der Waals surface area (Å²) >= 11 is 0. The number of hydrogen-bond acceptors (Lipinski definition) is 3. The molecular formula is C23H28N6O. The Kier molecular flexibility index (Phi) is 3.80. The van der Waals surface area contributed by atoms with Crippen LogP contribution in [0.15, 0.2) is 24.5 Å². The van der Waals surface area contributed by atoms with E-state index in [-0.39, 0.29) is 17.5 Å². The molecule has 1 spiro atoms. The van der Waals surface area contributed by atoms with Crippen molar-refractivity contribution in [2.75, 3.05) is 13.1 Å². The number of likely N-dealkylation sites (tertiary alicyclic amines) is 1. The smallest absolute Gasteiger partial charge is 0.317 e. The molecular weight excluding hydrogens is 376 g/mol. The van der Waals surface area contributed by atoms with Crippen molar-refractivity contribution < 1.29 is 4.79 Å². The van der Waals surface area contributed by atoms with Crippen molar-refractivity contribution in [2.24, 2.45) is 0 Å². The van der Waals surface area contributed by atoms with Crippen LogP contribution in [0.25, 0.3) is 22.3 Å². The molecule has 2 N–H and O–H groups in total. The molecule has 156 valence electrons. The SMILES string of the molecule is CC(C)NC(=O)N1CC2(CCn3nc(-c4cnc5[nH]cc(C6CCC6)c5c4)cc32)C1. The van der Waals surface area contributed by atoms with Gasteiger partial charge in [0, 0.05) is 60.1 Å². The molecule has 0 aromatic carbocycles. The summed E-state index contributed by atoms with van der Waals surface area (Å²) in [7, 11) is 0. The zero-order valence-electron chi connectivity index (χ0n) is 17.6. The van der Waals surface area contributed by atoms with Gasteiger partial charge in [0.05, 0.1) is 5.69 Å². The monoisotopic (exact) mass is 404 g/mol. The van der Waals surface area contributed by atoms with Crippen molar-refractivity contribution >= 4 is 17.1 Å². The second-order valence-electron chi connectivity index (χ2n) is 9.62. The number of rotatable bonds is 3. The highest BCUT2D eigenvalue weighted by atomic mass is 16.2. The molecule has 2 aliphatic heterocycles. The zero-order valence-corrected chi connectivity index (χ0v) is 17.6. The molecule has 7 nitrogen and oxygen atoms in total. The summed E-state index contributed by atoms with van der Waals surface area (Å²) in [6, 6.07) is 4.68. The van der Waals surface area contributed by atoms with E-state index in [1.54, 1.807) is 0 Å². The van der Waals surface area contributed by atoms with E-state index in [0.717, 1.165) is 43.0 Å². The molecule has 1 saturated heterocycles. The van der Waals surface area contributed by atoms with Crippen LogP contribution in [0.4, 0.5) is 4.79 Å². The van der Waals surface area contributed by atoms with Crippen LogP contribution >= 0.6 is 0 Å².